The van der Waals surface area contributed by atoms with Gasteiger partial charge in [0.2, 0.25) is 11.8 Å². The van der Waals surface area contributed by atoms with Crippen LogP contribution < -0.4 is 0 Å². The Balaban J connectivity index is 1.46. The number of amides is 2. The van der Waals surface area contributed by atoms with E-state index in [2.05, 4.69) is 9.88 Å². The third kappa shape index (κ3) is 3.66. The number of hydrogen-bond acceptors (Lipinski definition) is 4. The molecule has 3 fully saturated rings. The van der Waals surface area contributed by atoms with Gasteiger partial charge in [0, 0.05) is 57.5 Å². The van der Waals surface area contributed by atoms with Crippen LogP contribution in [0.3, 0.4) is 0 Å². The highest BCUT2D eigenvalue weighted by molar-refractivity contribution is 5.84. The molecule has 28 heavy (non-hydrogen) atoms. The third-order valence-corrected chi connectivity index (χ3v) is 7.00. The number of pyridine rings is 1. The number of rotatable bonds is 5. The van der Waals surface area contributed by atoms with Gasteiger partial charge in [0.05, 0.1) is 12.0 Å². The van der Waals surface area contributed by atoms with Crippen LogP contribution in [0.4, 0.5) is 0 Å². The molecule has 3 aliphatic rings. The zero-order chi connectivity index (χ0) is 19.6. The van der Waals surface area contributed by atoms with Crippen molar-refractivity contribution in [3.05, 3.63) is 30.1 Å². The molecule has 6 nitrogen and oxygen atoms in total. The van der Waals surface area contributed by atoms with Gasteiger partial charge in [-0.05, 0) is 49.8 Å². The summed E-state index contributed by atoms with van der Waals surface area (Å²) in [6, 6.07) is 3.94. The molecular formula is C22H31N3O3. The van der Waals surface area contributed by atoms with Crippen LogP contribution in [0.2, 0.25) is 0 Å². The fourth-order valence-corrected chi connectivity index (χ4v) is 5.30. The zero-order valence-corrected chi connectivity index (χ0v) is 16.9. The Bertz CT molecular complexity index is 719. The fraction of sp³-hybridized carbons (Fsp3) is 0.682. The van der Waals surface area contributed by atoms with E-state index < -0.39 is 0 Å². The molecule has 1 atom stereocenters. The molecule has 152 valence electrons. The van der Waals surface area contributed by atoms with Crippen molar-refractivity contribution in [1.29, 1.82) is 0 Å². The third-order valence-electron chi connectivity index (χ3n) is 7.00. The summed E-state index contributed by atoms with van der Waals surface area (Å²) in [6.07, 6.45) is 10.1. The highest BCUT2D eigenvalue weighted by Crippen LogP contribution is 2.45. The number of likely N-dealkylation sites (tertiary alicyclic amines) is 2. The van der Waals surface area contributed by atoms with E-state index in [-0.39, 0.29) is 22.6 Å². The summed E-state index contributed by atoms with van der Waals surface area (Å²) in [5.74, 6) is 0.498. The molecule has 0 N–H and O–H groups in total. The number of ether oxygens (including phenoxy) is 1. The molecular weight excluding hydrogens is 354 g/mol. The molecule has 1 aliphatic carbocycles. The number of piperidine rings is 2. The molecule has 1 aromatic heterocycles. The summed E-state index contributed by atoms with van der Waals surface area (Å²) in [6.45, 7) is 3.52. The summed E-state index contributed by atoms with van der Waals surface area (Å²) in [4.78, 5) is 34.0. The Morgan fingerprint density at radius 3 is 2.61 bits per heavy atom. The van der Waals surface area contributed by atoms with E-state index in [9.17, 15) is 9.59 Å². The number of aromatic nitrogens is 1. The van der Waals surface area contributed by atoms with Crippen molar-refractivity contribution in [3.63, 3.8) is 0 Å². The summed E-state index contributed by atoms with van der Waals surface area (Å²) in [5, 5.41) is 0. The predicted octanol–water partition coefficient (Wildman–Crippen LogP) is 2.63. The van der Waals surface area contributed by atoms with Gasteiger partial charge < -0.3 is 14.5 Å². The van der Waals surface area contributed by atoms with Gasteiger partial charge in [-0.1, -0.05) is 6.42 Å². The molecule has 6 heteroatoms. The number of hydrogen-bond donors (Lipinski definition) is 0. The van der Waals surface area contributed by atoms with E-state index >= 15 is 0 Å². The molecule has 0 aromatic carbocycles. The van der Waals surface area contributed by atoms with Crippen molar-refractivity contribution in [1.82, 2.24) is 14.8 Å². The van der Waals surface area contributed by atoms with Crippen LogP contribution in [0.15, 0.2) is 24.5 Å². The van der Waals surface area contributed by atoms with Crippen LogP contribution >= 0.6 is 0 Å². The van der Waals surface area contributed by atoms with E-state index in [4.69, 9.17) is 4.74 Å². The second kappa shape index (κ2) is 7.82. The second-order valence-electron chi connectivity index (χ2n) is 9.00. The lowest BCUT2D eigenvalue weighted by Crippen LogP contribution is -2.58. The fourth-order valence-electron chi connectivity index (χ4n) is 5.30. The van der Waals surface area contributed by atoms with Gasteiger partial charge in [0.25, 0.3) is 0 Å². The maximum atomic E-state index is 13.3. The SMILES string of the molecule is COCC1(C(=O)N2CCC[C@]3(CCC(=O)N(Cc4ccncc4)C3)C2)CCC1. The van der Waals surface area contributed by atoms with Crippen molar-refractivity contribution in [2.75, 3.05) is 33.4 Å². The lowest BCUT2D eigenvalue weighted by Gasteiger charge is -2.51. The zero-order valence-electron chi connectivity index (χ0n) is 16.9. The highest BCUT2D eigenvalue weighted by Gasteiger charge is 2.49. The monoisotopic (exact) mass is 385 g/mol. The first-order valence-corrected chi connectivity index (χ1v) is 10.5. The van der Waals surface area contributed by atoms with Crippen molar-refractivity contribution < 1.29 is 14.3 Å². The van der Waals surface area contributed by atoms with Gasteiger partial charge in [-0.15, -0.1) is 0 Å². The largest absolute Gasteiger partial charge is 0.384 e. The van der Waals surface area contributed by atoms with Crippen molar-refractivity contribution in [3.8, 4) is 0 Å². The normalized spacial score (nSPS) is 27.0. The van der Waals surface area contributed by atoms with E-state index in [1.165, 1.54) is 0 Å². The minimum absolute atomic E-state index is 0.0346. The van der Waals surface area contributed by atoms with Crippen molar-refractivity contribution in [2.24, 2.45) is 10.8 Å². The van der Waals surface area contributed by atoms with Gasteiger partial charge in [0.1, 0.15) is 0 Å². The van der Waals surface area contributed by atoms with E-state index in [1.807, 2.05) is 17.0 Å². The van der Waals surface area contributed by atoms with Gasteiger partial charge in [-0.3, -0.25) is 14.6 Å². The predicted molar refractivity (Wildman–Crippen MR) is 105 cm³/mol. The standard InChI is InChI=1S/C22H31N3O3/c1-28-17-22(8-2-9-22)20(27)24-13-3-7-21(15-24)10-4-19(26)25(16-21)14-18-5-11-23-12-6-18/h5-6,11-12H,2-4,7-10,13-17H2,1H3/t21-/m0/s1. The molecule has 1 spiro atoms. The Labute approximate surface area is 167 Å². The Morgan fingerprint density at radius 2 is 1.93 bits per heavy atom. The number of carbonyl (C=O) groups excluding carboxylic acids is 2. The molecule has 1 aromatic rings. The number of nitrogens with zero attached hydrogens (tertiary/aromatic N) is 3. The summed E-state index contributed by atoms with van der Waals surface area (Å²) in [5.41, 5.74) is 0.846. The summed E-state index contributed by atoms with van der Waals surface area (Å²) >= 11 is 0. The maximum Gasteiger partial charge on any atom is 0.231 e. The van der Waals surface area contributed by atoms with Gasteiger partial charge in [-0.2, -0.15) is 0 Å². The van der Waals surface area contributed by atoms with E-state index in [1.54, 1.807) is 19.5 Å². The van der Waals surface area contributed by atoms with Crippen LogP contribution in [-0.4, -0.2) is 59.9 Å². The lowest BCUT2D eigenvalue weighted by atomic mass is 9.67. The number of methoxy groups -OCH3 is 1. The van der Waals surface area contributed by atoms with Crippen molar-refractivity contribution >= 4 is 11.8 Å². The van der Waals surface area contributed by atoms with Crippen LogP contribution in [0.25, 0.3) is 0 Å². The molecule has 0 unspecified atom stereocenters. The van der Waals surface area contributed by atoms with Gasteiger partial charge in [0.15, 0.2) is 0 Å². The Hall–Kier alpha value is -1.95. The topological polar surface area (TPSA) is 62.7 Å². The summed E-state index contributed by atoms with van der Waals surface area (Å²) in [7, 11) is 1.69. The molecule has 4 rings (SSSR count). The highest BCUT2D eigenvalue weighted by atomic mass is 16.5. The van der Waals surface area contributed by atoms with Gasteiger partial charge in [-0.25, -0.2) is 0 Å². The first-order chi connectivity index (χ1) is 13.6. The summed E-state index contributed by atoms with van der Waals surface area (Å²) < 4.78 is 5.39. The van der Waals surface area contributed by atoms with Crippen LogP contribution in [0.1, 0.15) is 50.5 Å². The molecule has 2 aliphatic heterocycles. The second-order valence-corrected chi connectivity index (χ2v) is 9.00. The maximum absolute atomic E-state index is 13.3. The minimum Gasteiger partial charge on any atom is -0.384 e. The molecule has 1 saturated carbocycles. The van der Waals surface area contributed by atoms with Gasteiger partial charge >= 0.3 is 0 Å². The molecule has 0 radical (unpaired) electrons. The minimum atomic E-state index is -0.297. The van der Waals surface area contributed by atoms with Crippen LogP contribution in [-0.2, 0) is 20.9 Å². The van der Waals surface area contributed by atoms with Crippen LogP contribution in [0.5, 0.6) is 0 Å². The number of carbonyl (C=O) groups is 2. The first-order valence-electron chi connectivity index (χ1n) is 10.5. The van der Waals surface area contributed by atoms with E-state index in [0.29, 0.717) is 19.6 Å². The Morgan fingerprint density at radius 1 is 1.14 bits per heavy atom. The molecule has 2 saturated heterocycles. The average Bonchev–Trinajstić information content (AvgIpc) is 2.68. The van der Waals surface area contributed by atoms with E-state index in [0.717, 1.165) is 63.7 Å². The lowest BCUT2D eigenvalue weighted by molar-refractivity contribution is -0.158. The molecule has 0 bridgehead atoms. The Kier molecular flexibility index (Phi) is 5.41. The average molecular weight is 386 g/mol. The first kappa shape index (κ1) is 19.4. The molecule has 3 heterocycles. The quantitative estimate of drug-likeness (QED) is 0.782. The van der Waals surface area contributed by atoms with Crippen LogP contribution in [0, 0.1) is 10.8 Å². The smallest absolute Gasteiger partial charge is 0.231 e. The van der Waals surface area contributed by atoms with Crippen molar-refractivity contribution in [2.45, 2.75) is 51.5 Å². The molecule has 2 amide bonds.